The summed E-state index contributed by atoms with van der Waals surface area (Å²) in [7, 11) is 0. The molecule has 1 amide bonds. The monoisotopic (exact) mass is 385 g/mol. The Morgan fingerprint density at radius 2 is 1.90 bits per heavy atom. The molecule has 5 heteroatoms. The van der Waals surface area contributed by atoms with E-state index in [9.17, 15) is 9.18 Å². The second-order valence-corrected chi connectivity index (χ2v) is 7.22. The first-order valence-electron chi connectivity index (χ1n) is 9.51. The largest absolute Gasteiger partial charge is 0.322 e. The van der Waals surface area contributed by atoms with Gasteiger partial charge in [0.05, 0.1) is 11.6 Å². The molecule has 1 N–H and O–H groups in total. The molecule has 4 rings (SSSR count). The molecule has 3 aromatic carbocycles. The summed E-state index contributed by atoms with van der Waals surface area (Å²) in [5.74, 6) is -0.366. The first-order valence-corrected chi connectivity index (χ1v) is 9.51. The third-order valence-electron chi connectivity index (χ3n) is 5.13. The maximum Gasteiger partial charge on any atom is 0.255 e. The third kappa shape index (κ3) is 4.50. The number of hydrogen-bond acceptors (Lipinski definition) is 3. The Bertz CT molecular complexity index is 1090. The van der Waals surface area contributed by atoms with E-state index >= 15 is 0 Å². The molecule has 0 fully saturated rings. The number of halogens is 1. The topological polar surface area (TPSA) is 56.1 Å². The zero-order chi connectivity index (χ0) is 20.2. The van der Waals surface area contributed by atoms with Gasteiger partial charge in [-0.15, -0.1) is 0 Å². The van der Waals surface area contributed by atoms with Crippen molar-refractivity contribution in [1.82, 2.24) is 4.90 Å². The number of carbonyl (C=O) groups is 1. The molecule has 0 aromatic heterocycles. The quantitative estimate of drug-likeness (QED) is 0.719. The fourth-order valence-corrected chi connectivity index (χ4v) is 3.62. The third-order valence-corrected chi connectivity index (χ3v) is 5.13. The number of nitrogens with zero attached hydrogens (tertiary/aromatic N) is 2. The van der Waals surface area contributed by atoms with Gasteiger partial charge in [0.1, 0.15) is 5.82 Å². The van der Waals surface area contributed by atoms with Crippen molar-refractivity contribution in [2.45, 2.75) is 19.5 Å². The number of anilines is 1. The maximum atomic E-state index is 13.4. The molecule has 0 radical (unpaired) electrons. The number of nitriles is 1. The minimum absolute atomic E-state index is 0.182. The Hall–Kier alpha value is -3.49. The summed E-state index contributed by atoms with van der Waals surface area (Å²) in [4.78, 5) is 14.9. The van der Waals surface area contributed by atoms with Gasteiger partial charge in [-0.1, -0.05) is 18.2 Å². The average Bonchev–Trinajstić information content (AvgIpc) is 2.74. The number of hydrogen-bond donors (Lipinski definition) is 1. The van der Waals surface area contributed by atoms with Crippen LogP contribution in [0.1, 0.15) is 32.6 Å². The Kier molecular flexibility index (Phi) is 5.37. The smallest absolute Gasteiger partial charge is 0.255 e. The van der Waals surface area contributed by atoms with Gasteiger partial charge in [-0.05, 0) is 71.6 Å². The van der Waals surface area contributed by atoms with Gasteiger partial charge in [0, 0.05) is 30.9 Å². The van der Waals surface area contributed by atoms with Crippen LogP contribution >= 0.6 is 0 Å². The van der Waals surface area contributed by atoms with E-state index in [0.29, 0.717) is 16.8 Å². The number of carbonyl (C=O) groups excluding carboxylic acids is 1. The number of fused-ring (bicyclic) bond motifs is 1. The van der Waals surface area contributed by atoms with Gasteiger partial charge in [0.2, 0.25) is 0 Å². The number of nitrogens with one attached hydrogen (secondary N) is 1. The predicted octanol–water partition coefficient (Wildman–Crippen LogP) is 4.51. The zero-order valence-electron chi connectivity index (χ0n) is 15.9. The fraction of sp³-hybridized carbons (Fsp3) is 0.167. The number of rotatable bonds is 4. The second-order valence-electron chi connectivity index (χ2n) is 7.22. The highest BCUT2D eigenvalue weighted by atomic mass is 19.1. The molecule has 0 saturated heterocycles. The van der Waals surface area contributed by atoms with Crippen molar-refractivity contribution >= 4 is 11.6 Å². The SMILES string of the molecule is N#Cc1ccc(NC(=O)c2cccc(CN3CCc4cc(F)ccc4C3)c2)cc1. The van der Waals surface area contributed by atoms with Crippen LogP contribution in [-0.4, -0.2) is 17.4 Å². The van der Waals surface area contributed by atoms with Crippen LogP contribution in [0.15, 0.2) is 66.7 Å². The molecule has 0 saturated carbocycles. The molecule has 0 bridgehead atoms. The first-order chi connectivity index (χ1) is 14.1. The molecule has 4 nitrogen and oxygen atoms in total. The number of amides is 1. The van der Waals surface area contributed by atoms with Crippen molar-refractivity contribution in [3.63, 3.8) is 0 Å². The summed E-state index contributed by atoms with van der Waals surface area (Å²) in [6, 6.07) is 21.4. The van der Waals surface area contributed by atoms with Crippen LogP contribution in [0, 0.1) is 17.1 Å². The summed E-state index contributed by atoms with van der Waals surface area (Å²) in [6.07, 6.45) is 0.825. The van der Waals surface area contributed by atoms with Gasteiger partial charge < -0.3 is 5.32 Å². The summed E-state index contributed by atoms with van der Waals surface area (Å²) < 4.78 is 13.4. The summed E-state index contributed by atoms with van der Waals surface area (Å²) in [5, 5.41) is 11.7. The van der Waals surface area contributed by atoms with Gasteiger partial charge in [-0.3, -0.25) is 9.69 Å². The van der Waals surface area contributed by atoms with E-state index in [1.807, 2.05) is 24.3 Å². The predicted molar refractivity (Wildman–Crippen MR) is 110 cm³/mol. The van der Waals surface area contributed by atoms with E-state index in [1.165, 1.54) is 6.07 Å². The molecular weight excluding hydrogens is 365 g/mol. The van der Waals surface area contributed by atoms with Crippen LogP contribution in [0.3, 0.4) is 0 Å². The minimum Gasteiger partial charge on any atom is -0.322 e. The molecule has 1 heterocycles. The summed E-state index contributed by atoms with van der Waals surface area (Å²) in [5.41, 5.74) is 5.09. The van der Waals surface area contributed by atoms with Crippen molar-refractivity contribution in [1.29, 1.82) is 5.26 Å². The van der Waals surface area contributed by atoms with E-state index < -0.39 is 0 Å². The molecular formula is C24H20FN3O. The van der Waals surface area contributed by atoms with E-state index in [2.05, 4.69) is 16.3 Å². The van der Waals surface area contributed by atoms with Crippen molar-refractivity contribution in [2.24, 2.45) is 0 Å². The van der Waals surface area contributed by atoms with E-state index in [1.54, 1.807) is 36.4 Å². The maximum absolute atomic E-state index is 13.4. The lowest BCUT2D eigenvalue weighted by Crippen LogP contribution is -2.30. The molecule has 0 aliphatic carbocycles. The van der Waals surface area contributed by atoms with Crippen LogP contribution in [-0.2, 0) is 19.5 Å². The molecule has 1 aliphatic rings. The highest BCUT2D eigenvalue weighted by Gasteiger charge is 2.17. The zero-order valence-corrected chi connectivity index (χ0v) is 15.9. The van der Waals surface area contributed by atoms with Gasteiger partial charge in [-0.2, -0.15) is 5.26 Å². The fourth-order valence-electron chi connectivity index (χ4n) is 3.62. The van der Waals surface area contributed by atoms with Gasteiger partial charge in [0.15, 0.2) is 0 Å². The molecule has 29 heavy (non-hydrogen) atoms. The van der Waals surface area contributed by atoms with Crippen LogP contribution in [0.4, 0.5) is 10.1 Å². The van der Waals surface area contributed by atoms with Crippen molar-refractivity contribution in [3.8, 4) is 6.07 Å². The van der Waals surface area contributed by atoms with Crippen LogP contribution in [0.2, 0.25) is 0 Å². The molecule has 1 aliphatic heterocycles. The Labute approximate surface area is 169 Å². The van der Waals surface area contributed by atoms with Gasteiger partial charge in [0.25, 0.3) is 5.91 Å². The van der Waals surface area contributed by atoms with Crippen LogP contribution in [0.25, 0.3) is 0 Å². The normalized spacial score (nSPS) is 13.4. The Morgan fingerprint density at radius 3 is 2.69 bits per heavy atom. The lowest BCUT2D eigenvalue weighted by Gasteiger charge is -2.28. The van der Waals surface area contributed by atoms with Crippen LogP contribution < -0.4 is 5.32 Å². The van der Waals surface area contributed by atoms with Crippen molar-refractivity contribution < 1.29 is 9.18 Å². The Balaban J connectivity index is 1.42. The molecule has 0 spiro atoms. The molecule has 0 atom stereocenters. The summed E-state index contributed by atoms with van der Waals surface area (Å²) in [6.45, 7) is 2.37. The second kappa shape index (κ2) is 8.26. The van der Waals surface area contributed by atoms with E-state index in [0.717, 1.165) is 42.7 Å². The standard InChI is InChI=1S/C24H20FN3O/c25-22-7-6-21-16-28(11-10-19(21)13-22)15-18-2-1-3-20(12-18)24(29)27-23-8-4-17(14-26)5-9-23/h1-9,12-13H,10-11,15-16H2,(H,27,29). The highest BCUT2D eigenvalue weighted by molar-refractivity contribution is 6.04. The van der Waals surface area contributed by atoms with Gasteiger partial charge >= 0.3 is 0 Å². The van der Waals surface area contributed by atoms with Crippen molar-refractivity contribution in [3.05, 3.63) is 100 Å². The highest BCUT2D eigenvalue weighted by Crippen LogP contribution is 2.22. The Morgan fingerprint density at radius 1 is 1.07 bits per heavy atom. The average molecular weight is 385 g/mol. The summed E-state index contributed by atoms with van der Waals surface area (Å²) >= 11 is 0. The molecule has 144 valence electrons. The minimum atomic E-state index is -0.184. The van der Waals surface area contributed by atoms with Crippen molar-refractivity contribution in [2.75, 3.05) is 11.9 Å². The molecule has 3 aromatic rings. The lowest BCUT2D eigenvalue weighted by atomic mass is 9.99. The van der Waals surface area contributed by atoms with E-state index in [-0.39, 0.29) is 11.7 Å². The van der Waals surface area contributed by atoms with Gasteiger partial charge in [-0.25, -0.2) is 4.39 Å². The van der Waals surface area contributed by atoms with Crippen LogP contribution in [0.5, 0.6) is 0 Å². The van der Waals surface area contributed by atoms with E-state index in [4.69, 9.17) is 5.26 Å². The first kappa shape index (κ1) is 18.9. The molecule has 0 unspecified atom stereocenters. The number of benzene rings is 3. The lowest BCUT2D eigenvalue weighted by molar-refractivity contribution is 0.102.